The van der Waals surface area contributed by atoms with E-state index >= 15 is 0 Å². The average Bonchev–Trinajstić information content (AvgIpc) is 2.71. The van der Waals surface area contributed by atoms with Crippen molar-refractivity contribution in [3.05, 3.63) is 89.5 Å². The zero-order valence-electron chi connectivity index (χ0n) is 16.2. The molecule has 1 aliphatic rings. The minimum atomic E-state index is -0.940. The molecule has 146 valence electrons. The summed E-state index contributed by atoms with van der Waals surface area (Å²) in [6, 6.07) is 22.2. The van der Waals surface area contributed by atoms with Crippen molar-refractivity contribution in [3.63, 3.8) is 0 Å². The summed E-state index contributed by atoms with van der Waals surface area (Å²) in [7, 11) is 0. The predicted octanol–water partition coefficient (Wildman–Crippen LogP) is 4.80. The van der Waals surface area contributed by atoms with E-state index < -0.39 is 18.0 Å². The lowest BCUT2D eigenvalue weighted by molar-refractivity contribution is -0.153. The molecule has 0 aromatic heterocycles. The number of ether oxygens (including phenoxy) is 2. The Morgan fingerprint density at radius 3 is 2.17 bits per heavy atom. The molecule has 0 radical (unpaired) electrons. The molecule has 1 aliphatic heterocycles. The van der Waals surface area contributed by atoms with Crippen LogP contribution in [-0.2, 0) is 14.3 Å². The monoisotopic (exact) mass is 387 g/mol. The van der Waals surface area contributed by atoms with Gasteiger partial charge in [0.05, 0.1) is 0 Å². The maximum absolute atomic E-state index is 13.1. The van der Waals surface area contributed by atoms with Gasteiger partial charge in [0.1, 0.15) is 17.4 Å². The van der Waals surface area contributed by atoms with Gasteiger partial charge in [-0.05, 0) is 43.7 Å². The molecule has 29 heavy (non-hydrogen) atoms. The second kappa shape index (κ2) is 7.80. The third-order valence-corrected chi connectivity index (χ3v) is 4.86. The van der Waals surface area contributed by atoms with Crippen LogP contribution in [0.15, 0.2) is 72.8 Å². The molecule has 5 heteroatoms. The SMILES string of the molecule is Cc1cccc(NC(=O)[C@@H](C)OC(=O)C2c3ccccc3Oc3ccccc32)c1. The normalized spacial score (nSPS) is 13.4. The molecule has 0 spiro atoms. The number of anilines is 1. The first-order chi connectivity index (χ1) is 14.0. The first kappa shape index (κ1) is 18.7. The minimum Gasteiger partial charge on any atom is -0.457 e. The fraction of sp³-hybridized carbons (Fsp3) is 0.167. The highest BCUT2D eigenvalue weighted by Gasteiger charge is 2.35. The van der Waals surface area contributed by atoms with Gasteiger partial charge in [-0.25, -0.2) is 0 Å². The van der Waals surface area contributed by atoms with Crippen LogP contribution in [-0.4, -0.2) is 18.0 Å². The molecule has 3 aromatic rings. The van der Waals surface area contributed by atoms with Crippen molar-refractivity contribution < 1.29 is 19.1 Å². The molecule has 4 rings (SSSR count). The molecule has 0 aliphatic carbocycles. The molecule has 0 unspecified atom stereocenters. The lowest BCUT2D eigenvalue weighted by Crippen LogP contribution is -2.32. The summed E-state index contributed by atoms with van der Waals surface area (Å²) in [4.78, 5) is 25.6. The quantitative estimate of drug-likeness (QED) is 0.653. The van der Waals surface area contributed by atoms with Gasteiger partial charge in [0.15, 0.2) is 6.10 Å². The molecule has 5 nitrogen and oxygen atoms in total. The van der Waals surface area contributed by atoms with E-state index in [9.17, 15) is 9.59 Å². The van der Waals surface area contributed by atoms with Crippen LogP contribution in [0.3, 0.4) is 0 Å². The maximum Gasteiger partial charge on any atom is 0.318 e. The summed E-state index contributed by atoms with van der Waals surface area (Å²) in [6.45, 7) is 3.51. The van der Waals surface area contributed by atoms with E-state index in [2.05, 4.69) is 5.32 Å². The average molecular weight is 387 g/mol. The number of esters is 1. The number of aryl methyl sites for hydroxylation is 1. The topological polar surface area (TPSA) is 64.6 Å². The van der Waals surface area contributed by atoms with Crippen molar-refractivity contribution in [2.75, 3.05) is 5.32 Å². The van der Waals surface area contributed by atoms with Crippen LogP contribution in [0.25, 0.3) is 0 Å². The summed E-state index contributed by atoms with van der Waals surface area (Å²) in [5.41, 5.74) is 3.15. The summed E-state index contributed by atoms with van der Waals surface area (Å²) in [6.07, 6.45) is -0.940. The fourth-order valence-corrected chi connectivity index (χ4v) is 3.43. The number of fused-ring (bicyclic) bond motifs is 2. The van der Waals surface area contributed by atoms with Gasteiger partial charge < -0.3 is 14.8 Å². The first-order valence-electron chi connectivity index (χ1n) is 9.46. The highest BCUT2D eigenvalue weighted by Crippen LogP contribution is 2.44. The van der Waals surface area contributed by atoms with Crippen LogP contribution < -0.4 is 10.1 Å². The van der Waals surface area contributed by atoms with Gasteiger partial charge in [0, 0.05) is 16.8 Å². The third kappa shape index (κ3) is 3.85. The van der Waals surface area contributed by atoms with Crippen LogP contribution in [0.2, 0.25) is 0 Å². The third-order valence-electron chi connectivity index (χ3n) is 4.86. The van der Waals surface area contributed by atoms with Crippen molar-refractivity contribution in [1.82, 2.24) is 0 Å². The van der Waals surface area contributed by atoms with Crippen molar-refractivity contribution >= 4 is 17.6 Å². The van der Waals surface area contributed by atoms with Gasteiger partial charge in [-0.15, -0.1) is 0 Å². The van der Waals surface area contributed by atoms with E-state index in [1.807, 2.05) is 73.7 Å². The van der Waals surface area contributed by atoms with Gasteiger partial charge in [-0.2, -0.15) is 0 Å². The van der Waals surface area contributed by atoms with Gasteiger partial charge in [-0.1, -0.05) is 48.5 Å². The number of carbonyl (C=O) groups excluding carboxylic acids is 2. The number of para-hydroxylation sites is 2. The van der Waals surface area contributed by atoms with Crippen LogP contribution in [0.1, 0.15) is 29.5 Å². The van der Waals surface area contributed by atoms with E-state index in [0.717, 1.165) is 16.7 Å². The number of rotatable bonds is 4. The molecule has 3 aromatic carbocycles. The van der Waals surface area contributed by atoms with Crippen molar-refractivity contribution in [1.29, 1.82) is 0 Å². The zero-order chi connectivity index (χ0) is 20.4. The Balaban J connectivity index is 1.54. The Bertz CT molecular complexity index is 1030. The number of benzene rings is 3. The molecule has 1 heterocycles. The summed E-state index contributed by atoms with van der Waals surface area (Å²) in [5, 5.41) is 2.79. The summed E-state index contributed by atoms with van der Waals surface area (Å²) in [5.74, 6) is -0.280. The smallest absolute Gasteiger partial charge is 0.318 e. The van der Waals surface area contributed by atoms with Gasteiger partial charge in [0.25, 0.3) is 5.91 Å². The van der Waals surface area contributed by atoms with Crippen LogP contribution >= 0.6 is 0 Å². The fourth-order valence-electron chi connectivity index (χ4n) is 3.43. The van der Waals surface area contributed by atoms with Crippen LogP contribution in [0.4, 0.5) is 5.69 Å². The lowest BCUT2D eigenvalue weighted by atomic mass is 9.88. The highest BCUT2D eigenvalue weighted by molar-refractivity contribution is 5.96. The van der Waals surface area contributed by atoms with Crippen molar-refractivity contribution in [2.24, 2.45) is 0 Å². The molecular weight excluding hydrogens is 366 g/mol. The molecule has 0 saturated carbocycles. The second-order valence-corrected chi connectivity index (χ2v) is 7.05. The van der Waals surface area contributed by atoms with Crippen LogP contribution in [0.5, 0.6) is 11.5 Å². The molecule has 0 saturated heterocycles. The van der Waals surface area contributed by atoms with Gasteiger partial charge in [-0.3, -0.25) is 9.59 Å². The number of carbonyl (C=O) groups is 2. The Labute approximate surface area is 169 Å². The minimum absolute atomic E-state index is 0.377. The number of nitrogens with one attached hydrogen (secondary N) is 1. The van der Waals surface area contributed by atoms with E-state index in [-0.39, 0.29) is 5.91 Å². The van der Waals surface area contributed by atoms with E-state index in [1.54, 1.807) is 13.0 Å². The summed E-state index contributed by atoms with van der Waals surface area (Å²) >= 11 is 0. The molecule has 1 N–H and O–H groups in total. The molecule has 0 bridgehead atoms. The first-order valence-corrected chi connectivity index (χ1v) is 9.46. The Morgan fingerprint density at radius 2 is 1.55 bits per heavy atom. The number of amides is 1. The van der Waals surface area contributed by atoms with E-state index in [4.69, 9.17) is 9.47 Å². The Morgan fingerprint density at radius 1 is 0.931 bits per heavy atom. The highest BCUT2D eigenvalue weighted by atomic mass is 16.5. The largest absolute Gasteiger partial charge is 0.457 e. The zero-order valence-corrected chi connectivity index (χ0v) is 16.2. The predicted molar refractivity (Wildman–Crippen MR) is 110 cm³/mol. The summed E-state index contributed by atoms with van der Waals surface area (Å²) < 4.78 is 11.5. The Hall–Kier alpha value is -3.60. The van der Waals surface area contributed by atoms with Gasteiger partial charge in [0.2, 0.25) is 0 Å². The molecule has 1 amide bonds. The van der Waals surface area contributed by atoms with E-state index in [1.165, 1.54) is 0 Å². The number of hydrogen-bond acceptors (Lipinski definition) is 4. The number of hydrogen-bond donors (Lipinski definition) is 1. The molecule has 0 fully saturated rings. The standard InChI is InChI=1S/C24H21NO4/c1-15-8-7-9-17(14-15)25-23(26)16(2)28-24(27)22-18-10-3-5-12-20(18)29-21-13-6-4-11-19(21)22/h3-14,16,22H,1-2H3,(H,25,26)/t16-/m1/s1. The van der Waals surface area contributed by atoms with Crippen molar-refractivity contribution in [3.8, 4) is 11.5 Å². The van der Waals surface area contributed by atoms with Crippen molar-refractivity contribution in [2.45, 2.75) is 25.9 Å². The second-order valence-electron chi connectivity index (χ2n) is 7.05. The molecule has 1 atom stereocenters. The Kier molecular flexibility index (Phi) is 5.04. The van der Waals surface area contributed by atoms with Crippen LogP contribution in [0, 0.1) is 6.92 Å². The van der Waals surface area contributed by atoms with E-state index in [0.29, 0.717) is 17.2 Å². The van der Waals surface area contributed by atoms with Gasteiger partial charge >= 0.3 is 5.97 Å². The maximum atomic E-state index is 13.1. The lowest BCUT2D eigenvalue weighted by Gasteiger charge is -2.27. The molecular formula is C24H21NO4.